The molecule has 0 aliphatic heterocycles. The second-order valence-corrected chi connectivity index (χ2v) is 4.31. The van der Waals surface area contributed by atoms with E-state index in [1.54, 1.807) is 31.6 Å². The van der Waals surface area contributed by atoms with Gasteiger partial charge in [-0.2, -0.15) is 0 Å². The average molecular weight is 257 g/mol. The number of anilines is 1. The first-order valence-electron chi connectivity index (χ1n) is 5.92. The van der Waals surface area contributed by atoms with Crippen molar-refractivity contribution in [2.24, 2.45) is 0 Å². The van der Waals surface area contributed by atoms with E-state index in [1.807, 2.05) is 13.0 Å². The highest BCUT2D eigenvalue weighted by atomic mass is 16.4. The second-order valence-electron chi connectivity index (χ2n) is 4.31. The quantitative estimate of drug-likeness (QED) is 0.879. The van der Waals surface area contributed by atoms with E-state index in [4.69, 9.17) is 0 Å². The van der Waals surface area contributed by atoms with Gasteiger partial charge in [0.15, 0.2) is 0 Å². The number of hydrogen-bond donors (Lipinski definition) is 2. The average Bonchev–Trinajstić information content (AvgIpc) is 2.37. The molecule has 0 spiro atoms. The molecule has 0 fully saturated rings. The summed E-state index contributed by atoms with van der Waals surface area (Å²) in [5.74, 6) is -0.591. The van der Waals surface area contributed by atoms with Crippen molar-refractivity contribution in [2.45, 2.75) is 20.4 Å². The lowest BCUT2D eigenvalue weighted by molar-refractivity contribution is 0.0697. The summed E-state index contributed by atoms with van der Waals surface area (Å²) in [6.07, 6.45) is 5.09. The number of aromatic carboxylic acids is 1. The second kappa shape index (κ2) is 5.48. The monoisotopic (exact) mass is 257 g/mol. The molecule has 0 saturated heterocycles. The standard InChI is InChI=1S/C14H15N3O2/c1-9-3-5-15-7-11(9)8-17-13-12(14(18)19)10(2)4-6-16-13/h3-7H,8H2,1-2H3,(H,16,17)(H,18,19). The van der Waals surface area contributed by atoms with Gasteiger partial charge in [-0.05, 0) is 42.7 Å². The highest BCUT2D eigenvalue weighted by Gasteiger charge is 2.14. The van der Waals surface area contributed by atoms with E-state index in [-0.39, 0.29) is 5.56 Å². The molecule has 5 nitrogen and oxygen atoms in total. The Morgan fingerprint density at radius 2 is 2.00 bits per heavy atom. The summed E-state index contributed by atoms with van der Waals surface area (Å²) in [7, 11) is 0. The molecule has 2 heterocycles. The summed E-state index contributed by atoms with van der Waals surface area (Å²) in [5.41, 5.74) is 3.02. The van der Waals surface area contributed by atoms with Crippen molar-refractivity contribution in [1.29, 1.82) is 0 Å². The summed E-state index contributed by atoms with van der Waals surface area (Å²) < 4.78 is 0. The molecule has 19 heavy (non-hydrogen) atoms. The SMILES string of the molecule is Cc1ccncc1CNc1nccc(C)c1C(=O)O. The van der Waals surface area contributed by atoms with E-state index in [0.717, 1.165) is 11.1 Å². The van der Waals surface area contributed by atoms with Crippen molar-refractivity contribution in [3.63, 3.8) is 0 Å². The Labute approximate surface area is 111 Å². The minimum Gasteiger partial charge on any atom is -0.478 e. The van der Waals surface area contributed by atoms with E-state index in [2.05, 4.69) is 15.3 Å². The van der Waals surface area contributed by atoms with Gasteiger partial charge in [0.2, 0.25) is 0 Å². The van der Waals surface area contributed by atoms with Crippen LogP contribution in [0.3, 0.4) is 0 Å². The van der Waals surface area contributed by atoms with Crippen molar-refractivity contribution >= 4 is 11.8 Å². The minimum absolute atomic E-state index is 0.212. The van der Waals surface area contributed by atoms with Crippen LogP contribution in [0.2, 0.25) is 0 Å². The summed E-state index contributed by atoms with van der Waals surface area (Å²) in [6.45, 7) is 4.24. The lowest BCUT2D eigenvalue weighted by Crippen LogP contribution is -2.10. The van der Waals surface area contributed by atoms with E-state index >= 15 is 0 Å². The Morgan fingerprint density at radius 1 is 1.26 bits per heavy atom. The topological polar surface area (TPSA) is 75.1 Å². The van der Waals surface area contributed by atoms with Gasteiger partial charge in [-0.25, -0.2) is 9.78 Å². The van der Waals surface area contributed by atoms with Gasteiger partial charge in [0.25, 0.3) is 0 Å². The number of carbonyl (C=O) groups is 1. The third-order valence-electron chi connectivity index (χ3n) is 2.97. The summed E-state index contributed by atoms with van der Waals surface area (Å²) in [6, 6.07) is 3.60. The van der Waals surface area contributed by atoms with Gasteiger partial charge in [0.1, 0.15) is 11.4 Å². The number of nitrogens with zero attached hydrogens (tertiary/aromatic N) is 2. The number of rotatable bonds is 4. The number of nitrogens with one attached hydrogen (secondary N) is 1. The summed E-state index contributed by atoms with van der Waals surface area (Å²) >= 11 is 0. The van der Waals surface area contributed by atoms with Gasteiger partial charge in [-0.15, -0.1) is 0 Å². The smallest absolute Gasteiger partial charge is 0.339 e. The molecule has 5 heteroatoms. The van der Waals surface area contributed by atoms with Crippen LogP contribution in [0, 0.1) is 13.8 Å². The molecule has 0 amide bonds. The van der Waals surface area contributed by atoms with Gasteiger partial charge in [-0.3, -0.25) is 4.98 Å². The lowest BCUT2D eigenvalue weighted by Gasteiger charge is -2.11. The normalized spacial score (nSPS) is 10.2. The molecule has 0 bridgehead atoms. The van der Waals surface area contributed by atoms with Gasteiger partial charge >= 0.3 is 5.97 Å². The Hall–Kier alpha value is -2.43. The first-order chi connectivity index (χ1) is 9.09. The lowest BCUT2D eigenvalue weighted by atomic mass is 10.1. The van der Waals surface area contributed by atoms with Gasteiger partial charge in [-0.1, -0.05) is 0 Å². The number of aromatic nitrogens is 2. The number of aryl methyl sites for hydroxylation is 2. The molecule has 2 rings (SSSR count). The minimum atomic E-state index is -0.976. The largest absolute Gasteiger partial charge is 0.478 e. The van der Waals surface area contributed by atoms with Gasteiger partial charge in [0, 0.05) is 25.1 Å². The third-order valence-corrected chi connectivity index (χ3v) is 2.97. The highest BCUT2D eigenvalue weighted by Crippen LogP contribution is 2.17. The zero-order chi connectivity index (χ0) is 13.8. The third kappa shape index (κ3) is 2.88. The highest BCUT2D eigenvalue weighted by molar-refractivity contribution is 5.94. The number of hydrogen-bond acceptors (Lipinski definition) is 4. The molecule has 0 atom stereocenters. The Balaban J connectivity index is 2.23. The van der Waals surface area contributed by atoms with Crippen LogP contribution < -0.4 is 5.32 Å². The van der Waals surface area contributed by atoms with E-state index < -0.39 is 5.97 Å². The van der Waals surface area contributed by atoms with Crippen LogP contribution in [0.1, 0.15) is 27.0 Å². The maximum Gasteiger partial charge on any atom is 0.339 e. The molecule has 0 aliphatic rings. The molecule has 0 aromatic carbocycles. The Kier molecular flexibility index (Phi) is 3.75. The van der Waals surface area contributed by atoms with Crippen molar-refractivity contribution in [2.75, 3.05) is 5.32 Å². The predicted molar refractivity (Wildman–Crippen MR) is 72.2 cm³/mol. The molecule has 0 aliphatic carbocycles. The van der Waals surface area contributed by atoms with Gasteiger partial charge in [0.05, 0.1) is 0 Å². The fourth-order valence-corrected chi connectivity index (χ4v) is 1.82. The maximum atomic E-state index is 11.2. The van der Waals surface area contributed by atoms with Crippen LogP contribution in [0.25, 0.3) is 0 Å². The van der Waals surface area contributed by atoms with E-state index in [9.17, 15) is 9.90 Å². The maximum absolute atomic E-state index is 11.2. The predicted octanol–water partition coefficient (Wildman–Crippen LogP) is 2.40. The molecule has 0 unspecified atom stereocenters. The fraction of sp³-hybridized carbons (Fsp3) is 0.214. The van der Waals surface area contributed by atoms with Crippen molar-refractivity contribution in [3.8, 4) is 0 Å². The van der Waals surface area contributed by atoms with Crippen LogP contribution in [0.4, 0.5) is 5.82 Å². The van der Waals surface area contributed by atoms with Crippen LogP contribution in [0.5, 0.6) is 0 Å². The van der Waals surface area contributed by atoms with Crippen LogP contribution in [-0.2, 0) is 6.54 Å². The molecule has 0 radical (unpaired) electrons. The number of carboxylic acids is 1. The first-order valence-corrected chi connectivity index (χ1v) is 5.92. The fourth-order valence-electron chi connectivity index (χ4n) is 1.82. The van der Waals surface area contributed by atoms with Crippen molar-refractivity contribution < 1.29 is 9.90 Å². The zero-order valence-corrected chi connectivity index (χ0v) is 10.8. The van der Waals surface area contributed by atoms with Gasteiger partial charge < -0.3 is 10.4 Å². The summed E-state index contributed by atoms with van der Waals surface area (Å²) in [5, 5.41) is 12.3. The molecule has 2 aromatic rings. The van der Waals surface area contributed by atoms with Crippen LogP contribution in [0.15, 0.2) is 30.7 Å². The molecule has 2 N–H and O–H groups in total. The van der Waals surface area contributed by atoms with E-state index in [0.29, 0.717) is 17.9 Å². The Bertz CT molecular complexity index is 611. The molecular formula is C14H15N3O2. The first kappa shape index (κ1) is 13.0. The summed E-state index contributed by atoms with van der Waals surface area (Å²) in [4.78, 5) is 19.4. The van der Waals surface area contributed by atoms with Crippen LogP contribution in [-0.4, -0.2) is 21.0 Å². The Morgan fingerprint density at radius 3 is 2.68 bits per heavy atom. The molecule has 98 valence electrons. The molecule has 0 saturated carbocycles. The van der Waals surface area contributed by atoms with Crippen LogP contribution >= 0.6 is 0 Å². The number of carboxylic acid groups (broad SMARTS) is 1. The zero-order valence-electron chi connectivity index (χ0n) is 10.8. The molecular weight excluding hydrogens is 242 g/mol. The van der Waals surface area contributed by atoms with Crippen molar-refractivity contribution in [3.05, 3.63) is 53.0 Å². The van der Waals surface area contributed by atoms with E-state index in [1.165, 1.54) is 0 Å². The number of pyridine rings is 2. The molecule has 2 aromatic heterocycles. The van der Waals surface area contributed by atoms with Crippen molar-refractivity contribution in [1.82, 2.24) is 9.97 Å².